The van der Waals surface area contributed by atoms with E-state index in [4.69, 9.17) is 4.98 Å². The van der Waals surface area contributed by atoms with Gasteiger partial charge >= 0.3 is 0 Å². The predicted octanol–water partition coefficient (Wildman–Crippen LogP) is 11.2. The van der Waals surface area contributed by atoms with Crippen molar-refractivity contribution in [3.63, 3.8) is 0 Å². The third kappa shape index (κ3) is 14.9. The Hall–Kier alpha value is -0.790. The van der Waals surface area contributed by atoms with Crippen LogP contribution in [-0.4, -0.2) is 9.55 Å². The molecule has 2 atom stereocenters. The quantitative estimate of drug-likeness (QED) is 0.140. The Bertz CT molecular complexity index is 521. The van der Waals surface area contributed by atoms with Crippen molar-refractivity contribution >= 4 is 0 Å². The molecule has 0 fully saturated rings. The molecule has 0 radical (unpaired) electrons. The maximum absolute atomic E-state index is 4.91. The Morgan fingerprint density at radius 3 is 1.45 bits per heavy atom. The van der Waals surface area contributed by atoms with Gasteiger partial charge in [-0.2, -0.15) is 0 Å². The van der Waals surface area contributed by atoms with Crippen LogP contribution in [0.3, 0.4) is 0 Å². The summed E-state index contributed by atoms with van der Waals surface area (Å²) in [5.74, 6) is 2.05. The Morgan fingerprint density at radius 2 is 1.00 bits per heavy atom. The molecule has 1 aromatic rings. The number of unbranched alkanes of at least 4 members (excludes halogenated alkanes) is 16. The van der Waals surface area contributed by atoms with Gasteiger partial charge in [-0.3, -0.25) is 0 Å². The highest BCUT2D eigenvalue weighted by molar-refractivity contribution is 5.02. The molecule has 0 saturated carbocycles. The van der Waals surface area contributed by atoms with Gasteiger partial charge in [-0.1, -0.05) is 143 Å². The van der Waals surface area contributed by atoms with Crippen LogP contribution in [0, 0.1) is 0 Å². The van der Waals surface area contributed by atoms with Crippen molar-refractivity contribution in [1.29, 1.82) is 0 Å². The summed E-state index contributed by atoms with van der Waals surface area (Å²) in [5.41, 5.74) is 0. The molecular formula is C31H60N2. The zero-order valence-electron chi connectivity index (χ0n) is 23.3. The fraction of sp³-hybridized carbons (Fsp3) is 0.903. The van der Waals surface area contributed by atoms with Crippen molar-refractivity contribution in [3.8, 4) is 0 Å². The molecule has 2 unspecified atom stereocenters. The molecule has 0 aromatic carbocycles. The van der Waals surface area contributed by atoms with Gasteiger partial charge in [0, 0.05) is 24.4 Å². The summed E-state index contributed by atoms with van der Waals surface area (Å²) in [5, 5.41) is 0. The van der Waals surface area contributed by atoms with Crippen LogP contribution in [0.5, 0.6) is 0 Å². The van der Waals surface area contributed by atoms with E-state index in [1.54, 1.807) is 0 Å². The van der Waals surface area contributed by atoms with E-state index in [9.17, 15) is 0 Å². The second-order valence-corrected chi connectivity index (χ2v) is 10.8. The van der Waals surface area contributed by atoms with Gasteiger partial charge in [-0.05, 0) is 26.2 Å². The minimum atomic E-state index is 0.590. The number of rotatable bonds is 24. The summed E-state index contributed by atoms with van der Waals surface area (Å²) in [7, 11) is 0. The van der Waals surface area contributed by atoms with Crippen LogP contribution >= 0.6 is 0 Å². The van der Waals surface area contributed by atoms with Crippen molar-refractivity contribution in [2.24, 2.45) is 0 Å². The Labute approximate surface area is 208 Å². The molecule has 0 saturated heterocycles. The summed E-state index contributed by atoms with van der Waals surface area (Å²) in [6, 6.07) is 0.590. The number of imidazole rings is 1. The predicted molar refractivity (Wildman–Crippen MR) is 148 cm³/mol. The summed E-state index contributed by atoms with van der Waals surface area (Å²) in [6.45, 7) is 9.31. The molecule has 0 spiro atoms. The first-order chi connectivity index (χ1) is 16.2. The first-order valence-corrected chi connectivity index (χ1v) is 15.3. The van der Waals surface area contributed by atoms with Crippen molar-refractivity contribution < 1.29 is 0 Å². The minimum Gasteiger partial charge on any atom is -0.332 e. The molecule has 1 aromatic heterocycles. The van der Waals surface area contributed by atoms with Crippen molar-refractivity contribution in [3.05, 3.63) is 18.2 Å². The Morgan fingerprint density at radius 1 is 0.576 bits per heavy atom. The molecule has 194 valence electrons. The number of hydrogen-bond acceptors (Lipinski definition) is 1. The van der Waals surface area contributed by atoms with E-state index in [0.717, 1.165) is 0 Å². The number of hydrogen-bond donors (Lipinski definition) is 0. The molecule has 33 heavy (non-hydrogen) atoms. The lowest BCUT2D eigenvalue weighted by Gasteiger charge is -2.22. The highest BCUT2D eigenvalue weighted by Crippen LogP contribution is 2.30. The van der Waals surface area contributed by atoms with Crippen molar-refractivity contribution in [2.45, 2.75) is 181 Å². The highest BCUT2D eigenvalue weighted by atomic mass is 15.1. The normalized spacial score (nSPS) is 13.5. The smallest absolute Gasteiger partial charge is 0.111 e. The van der Waals surface area contributed by atoms with Crippen LogP contribution in [0.4, 0.5) is 0 Å². The first-order valence-electron chi connectivity index (χ1n) is 15.3. The monoisotopic (exact) mass is 460 g/mol. The van der Waals surface area contributed by atoms with E-state index in [1.165, 1.54) is 147 Å². The van der Waals surface area contributed by atoms with Crippen molar-refractivity contribution in [1.82, 2.24) is 9.55 Å². The third-order valence-corrected chi connectivity index (χ3v) is 7.58. The average molecular weight is 461 g/mol. The second kappa shape index (κ2) is 21.7. The minimum absolute atomic E-state index is 0.590. The Balaban J connectivity index is 2.43. The largest absolute Gasteiger partial charge is 0.332 e. The molecule has 1 rings (SSSR count). The van der Waals surface area contributed by atoms with Gasteiger partial charge in [-0.15, -0.1) is 0 Å². The molecule has 2 heteroatoms. The van der Waals surface area contributed by atoms with Gasteiger partial charge in [0.25, 0.3) is 0 Å². The number of nitrogens with zero attached hydrogens (tertiary/aromatic N) is 2. The number of aromatic nitrogens is 2. The van der Waals surface area contributed by atoms with Crippen LogP contribution < -0.4 is 0 Å². The summed E-state index contributed by atoms with van der Waals surface area (Å²) >= 11 is 0. The van der Waals surface area contributed by atoms with Gasteiger partial charge in [0.2, 0.25) is 0 Å². The molecule has 2 nitrogen and oxygen atoms in total. The molecule has 0 bridgehead atoms. The van der Waals surface area contributed by atoms with Gasteiger partial charge in [0.05, 0.1) is 0 Å². The van der Waals surface area contributed by atoms with Gasteiger partial charge in [-0.25, -0.2) is 4.98 Å². The zero-order valence-corrected chi connectivity index (χ0v) is 23.3. The molecule has 1 heterocycles. The van der Waals surface area contributed by atoms with Crippen LogP contribution in [-0.2, 0) is 0 Å². The SMILES string of the molecule is CCCCCCCCCCCCC(CCCCCCCCC)c1nccn1C(C)CCCC. The van der Waals surface area contributed by atoms with E-state index < -0.39 is 0 Å². The van der Waals surface area contributed by atoms with Gasteiger partial charge in [0.1, 0.15) is 5.82 Å². The molecule has 0 aliphatic rings. The van der Waals surface area contributed by atoms with E-state index in [-0.39, 0.29) is 0 Å². The van der Waals surface area contributed by atoms with E-state index in [0.29, 0.717) is 12.0 Å². The molecule has 0 amide bonds. The van der Waals surface area contributed by atoms with E-state index >= 15 is 0 Å². The third-order valence-electron chi connectivity index (χ3n) is 7.58. The lowest BCUT2D eigenvalue weighted by Crippen LogP contribution is -2.13. The zero-order chi connectivity index (χ0) is 24.0. The topological polar surface area (TPSA) is 17.8 Å². The van der Waals surface area contributed by atoms with Crippen LogP contribution in [0.1, 0.15) is 187 Å². The lowest BCUT2D eigenvalue weighted by molar-refractivity contribution is 0.417. The van der Waals surface area contributed by atoms with Crippen LogP contribution in [0.25, 0.3) is 0 Å². The summed E-state index contributed by atoms with van der Waals surface area (Å²) in [4.78, 5) is 4.91. The maximum atomic E-state index is 4.91. The van der Waals surface area contributed by atoms with Crippen LogP contribution in [0.2, 0.25) is 0 Å². The summed E-state index contributed by atoms with van der Waals surface area (Å²) in [6.07, 6.45) is 34.9. The highest BCUT2D eigenvalue weighted by Gasteiger charge is 2.19. The molecule has 0 aliphatic carbocycles. The average Bonchev–Trinajstić information content (AvgIpc) is 3.31. The van der Waals surface area contributed by atoms with Gasteiger partial charge < -0.3 is 4.57 Å². The van der Waals surface area contributed by atoms with E-state index in [2.05, 4.69) is 44.7 Å². The van der Waals surface area contributed by atoms with E-state index in [1.807, 2.05) is 0 Å². The fourth-order valence-electron chi connectivity index (χ4n) is 5.28. The van der Waals surface area contributed by atoms with Gasteiger partial charge in [0.15, 0.2) is 0 Å². The molecule has 0 N–H and O–H groups in total. The molecule has 0 aliphatic heterocycles. The fourth-order valence-corrected chi connectivity index (χ4v) is 5.28. The summed E-state index contributed by atoms with van der Waals surface area (Å²) < 4.78 is 2.53. The standard InChI is InChI=1S/C31H60N2/c1-5-8-11-13-15-16-17-19-21-23-26-30(25-22-20-18-14-12-9-6-2)31-32-27-28-33(31)29(4)24-10-7-3/h27-30H,5-26H2,1-4H3. The second-order valence-electron chi connectivity index (χ2n) is 10.8. The van der Waals surface area contributed by atoms with Crippen molar-refractivity contribution in [2.75, 3.05) is 0 Å². The first kappa shape index (κ1) is 30.2. The maximum Gasteiger partial charge on any atom is 0.111 e. The molecular weight excluding hydrogens is 400 g/mol. The Kier molecular flexibility index (Phi) is 19.9. The van der Waals surface area contributed by atoms with Crippen LogP contribution in [0.15, 0.2) is 12.4 Å². The lowest BCUT2D eigenvalue weighted by atomic mass is 9.92.